The van der Waals surface area contributed by atoms with Crippen molar-refractivity contribution in [3.8, 4) is 0 Å². The summed E-state index contributed by atoms with van der Waals surface area (Å²) in [6, 6.07) is 8.29. The number of para-hydroxylation sites is 2. The third-order valence-electron chi connectivity index (χ3n) is 3.75. The second-order valence-electron chi connectivity index (χ2n) is 5.07. The summed E-state index contributed by atoms with van der Waals surface area (Å²) in [6.45, 7) is 5.67. The molecule has 3 rings (SSSR count). The number of halogens is 1. The fourth-order valence-electron chi connectivity index (χ4n) is 2.46. The van der Waals surface area contributed by atoms with Crippen LogP contribution in [0.15, 0.2) is 24.3 Å². The summed E-state index contributed by atoms with van der Waals surface area (Å²) in [5.74, 6) is 0.746. The Morgan fingerprint density at radius 3 is 2.40 bits per heavy atom. The van der Waals surface area contributed by atoms with Gasteiger partial charge in [-0.25, -0.2) is 9.97 Å². The average Bonchev–Trinajstić information content (AvgIpc) is 2.44. The van der Waals surface area contributed by atoms with Crippen molar-refractivity contribution in [2.75, 3.05) is 29.9 Å². The van der Waals surface area contributed by atoms with Crippen molar-refractivity contribution >= 4 is 28.8 Å². The summed E-state index contributed by atoms with van der Waals surface area (Å²) in [7, 11) is 2.10. The molecule has 0 atom stereocenters. The van der Waals surface area contributed by atoms with Crippen LogP contribution in [0.5, 0.6) is 0 Å². The zero-order chi connectivity index (χ0) is 14.3. The second-order valence-corrected chi connectivity index (χ2v) is 5.43. The Hall–Kier alpha value is -1.81. The van der Waals surface area contributed by atoms with Crippen LogP contribution in [0.2, 0.25) is 5.15 Å². The molecule has 0 radical (unpaired) electrons. The number of benzene rings is 1. The third-order valence-corrected chi connectivity index (χ3v) is 4.00. The lowest BCUT2D eigenvalue weighted by molar-refractivity contribution is 0.807. The summed E-state index contributed by atoms with van der Waals surface area (Å²) >= 11 is 6.31. The van der Waals surface area contributed by atoms with Crippen LogP contribution in [0, 0.1) is 13.8 Å². The van der Waals surface area contributed by atoms with Gasteiger partial charge < -0.3 is 9.80 Å². The summed E-state index contributed by atoms with van der Waals surface area (Å²) in [4.78, 5) is 13.4. The van der Waals surface area contributed by atoms with Crippen LogP contribution in [0.3, 0.4) is 0 Å². The Labute approximate surface area is 124 Å². The smallest absolute Gasteiger partial charge is 0.172 e. The number of aryl methyl sites for hydroxylation is 2. The van der Waals surface area contributed by atoms with Gasteiger partial charge in [0, 0.05) is 20.1 Å². The fraction of sp³-hybridized carbons (Fsp3) is 0.333. The van der Waals surface area contributed by atoms with E-state index >= 15 is 0 Å². The lowest BCUT2D eigenvalue weighted by Gasteiger charge is -2.36. The highest BCUT2D eigenvalue weighted by molar-refractivity contribution is 6.31. The van der Waals surface area contributed by atoms with Gasteiger partial charge in [-0.05, 0) is 26.0 Å². The quantitative estimate of drug-likeness (QED) is 0.806. The first-order chi connectivity index (χ1) is 9.58. The van der Waals surface area contributed by atoms with Gasteiger partial charge in [0.1, 0.15) is 0 Å². The number of hydrogen-bond donors (Lipinski definition) is 0. The highest BCUT2D eigenvalue weighted by Crippen LogP contribution is 2.38. The van der Waals surface area contributed by atoms with Gasteiger partial charge in [0.05, 0.1) is 22.8 Å². The van der Waals surface area contributed by atoms with Crippen LogP contribution in [0.4, 0.5) is 17.2 Å². The molecule has 0 unspecified atom stereocenters. The Bertz CT molecular complexity index is 656. The molecule has 1 aromatic heterocycles. The Morgan fingerprint density at radius 2 is 1.65 bits per heavy atom. The number of hydrogen-bond acceptors (Lipinski definition) is 4. The van der Waals surface area contributed by atoms with Crippen LogP contribution >= 0.6 is 11.6 Å². The van der Waals surface area contributed by atoms with E-state index in [0.29, 0.717) is 5.15 Å². The molecule has 1 aromatic carbocycles. The van der Waals surface area contributed by atoms with Crippen LogP contribution in [0.25, 0.3) is 0 Å². The fourth-order valence-corrected chi connectivity index (χ4v) is 2.73. The van der Waals surface area contributed by atoms with E-state index in [2.05, 4.69) is 38.9 Å². The normalized spacial score (nSPS) is 14.4. The predicted molar refractivity (Wildman–Crippen MR) is 83.2 cm³/mol. The maximum absolute atomic E-state index is 6.31. The Morgan fingerprint density at radius 1 is 1.00 bits per heavy atom. The van der Waals surface area contributed by atoms with Gasteiger partial charge >= 0.3 is 0 Å². The zero-order valence-electron chi connectivity index (χ0n) is 11.9. The highest BCUT2D eigenvalue weighted by atomic mass is 35.5. The SMILES string of the molecule is Cc1nc(Cl)c(N2CCN(C)c3ccccc32)nc1C. The van der Waals surface area contributed by atoms with Gasteiger partial charge in [-0.2, -0.15) is 0 Å². The van der Waals surface area contributed by atoms with Crippen molar-refractivity contribution in [2.45, 2.75) is 13.8 Å². The summed E-state index contributed by atoms with van der Waals surface area (Å²) in [5.41, 5.74) is 4.11. The van der Waals surface area contributed by atoms with Gasteiger partial charge in [-0.15, -0.1) is 0 Å². The van der Waals surface area contributed by atoms with Gasteiger partial charge in [0.25, 0.3) is 0 Å². The molecule has 1 aliphatic rings. The van der Waals surface area contributed by atoms with Crippen molar-refractivity contribution in [1.82, 2.24) is 9.97 Å². The van der Waals surface area contributed by atoms with E-state index in [-0.39, 0.29) is 0 Å². The van der Waals surface area contributed by atoms with Crippen LogP contribution in [0.1, 0.15) is 11.4 Å². The molecule has 104 valence electrons. The van der Waals surface area contributed by atoms with E-state index in [0.717, 1.165) is 36.0 Å². The van der Waals surface area contributed by atoms with Gasteiger partial charge in [-0.3, -0.25) is 0 Å². The number of nitrogens with zero attached hydrogens (tertiary/aromatic N) is 4. The van der Waals surface area contributed by atoms with Crippen LogP contribution in [-0.4, -0.2) is 30.1 Å². The molecule has 2 aromatic rings. The first-order valence-electron chi connectivity index (χ1n) is 6.66. The molecule has 0 saturated heterocycles. The van der Waals surface area contributed by atoms with E-state index in [4.69, 9.17) is 11.6 Å². The van der Waals surface area contributed by atoms with Crippen molar-refractivity contribution in [3.05, 3.63) is 40.8 Å². The van der Waals surface area contributed by atoms with Crippen LogP contribution < -0.4 is 9.80 Å². The molecule has 5 heteroatoms. The van der Waals surface area contributed by atoms with Crippen molar-refractivity contribution in [1.29, 1.82) is 0 Å². The number of fused-ring (bicyclic) bond motifs is 1. The summed E-state index contributed by atoms with van der Waals surface area (Å²) in [5, 5.41) is 0.465. The van der Waals surface area contributed by atoms with E-state index < -0.39 is 0 Å². The minimum atomic E-state index is 0.465. The molecule has 0 N–H and O–H groups in total. The Kier molecular flexibility index (Phi) is 3.26. The molecule has 0 fully saturated rings. The summed E-state index contributed by atoms with van der Waals surface area (Å²) < 4.78 is 0. The van der Waals surface area contributed by atoms with Crippen molar-refractivity contribution < 1.29 is 0 Å². The number of aromatic nitrogens is 2. The molecule has 0 saturated carbocycles. The predicted octanol–water partition coefficient (Wildman–Crippen LogP) is 3.33. The molecule has 0 aliphatic carbocycles. The maximum atomic E-state index is 6.31. The number of rotatable bonds is 1. The van der Waals surface area contributed by atoms with E-state index in [1.54, 1.807) is 0 Å². The van der Waals surface area contributed by atoms with Crippen molar-refractivity contribution in [3.63, 3.8) is 0 Å². The van der Waals surface area contributed by atoms with Crippen molar-refractivity contribution in [2.24, 2.45) is 0 Å². The third kappa shape index (κ3) is 2.10. The number of likely N-dealkylation sites (N-methyl/N-ethyl adjacent to an activating group) is 1. The van der Waals surface area contributed by atoms with E-state index in [1.165, 1.54) is 5.69 Å². The molecule has 0 amide bonds. The largest absolute Gasteiger partial charge is 0.371 e. The first-order valence-corrected chi connectivity index (χ1v) is 7.04. The minimum Gasteiger partial charge on any atom is -0.371 e. The molecular weight excluding hydrogens is 272 g/mol. The zero-order valence-corrected chi connectivity index (χ0v) is 12.6. The lowest BCUT2D eigenvalue weighted by atomic mass is 10.2. The van der Waals surface area contributed by atoms with Gasteiger partial charge in [0.2, 0.25) is 0 Å². The summed E-state index contributed by atoms with van der Waals surface area (Å²) in [6.07, 6.45) is 0. The molecule has 2 heterocycles. The standard InChI is InChI=1S/C15H17ClN4/c1-10-11(2)18-15(14(16)17-10)20-9-8-19(3)12-6-4-5-7-13(12)20/h4-7H,8-9H2,1-3H3. The second kappa shape index (κ2) is 4.94. The molecular formula is C15H17ClN4. The lowest BCUT2D eigenvalue weighted by Crippen LogP contribution is -2.37. The average molecular weight is 289 g/mol. The molecule has 20 heavy (non-hydrogen) atoms. The minimum absolute atomic E-state index is 0.465. The van der Waals surface area contributed by atoms with E-state index in [9.17, 15) is 0 Å². The molecule has 0 bridgehead atoms. The van der Waals surface area contributed by atoms with Gasteiger partial charge in [0.15, 0.2) is 11.0 Å². The Balaban J connectivity index is 2.12. The topological polar surface area (TPSA) is 32.3 Å². The maximum Gasteiger partial charge on any atom is 0.172 e. The molecule has 0 spiro atoms. The molecule has 1 aliphatic heterocycles. The number of anilines is 3. The first kappa shape index (κ1) is 13.2. The highest BCUT2D eigenvalue weighted by Gasteiger charge is 2.24. The molecule has 4 nitrogen and oxygen atoms in total. The van der Waals surface area contributed by atoms with E-state index in [1.807, 2.05) is 26.0 Å². The van der Waals surface area contributed by atoms with Crippen LogP contribution in [-0.2, 0) is 0 Å². The van der Waals surface area contributed by atoms with Gasteiger partial charge in [-0.1, -0.05) is 23.7 Å². The monoisotopic (exact) mass is 288 g/mol.